The van der Waals surface area contributed by atoms with Crippen LogP contribution in [0.3, 0.4) is 0 Å². The molecule has 0 bridgehead atoms. The molecule has 1 aliphatic carbocycles. The lowest BCUT2D eigenvalue weighted by atomic mass is 9.62. The van der Waals surface area contributed by atoms with Crippen LogP contribution in [-0.2, 0) is 27.1 Å². The average molecular weight is 1070 g/mol. The van der Waals surface area contributed by atoms with E-state index in [0.29, 0.717) is 22.7 Å². The van der Waals surface area contributed by atoms with Crippen LogP contribution in [0, 0.1) is 20.0 Å². The van der Waals surface area contributed by atoms with Crippen molar-refractivity contribution in [3.8, 4) is 73.2 Å². The summed E-state index contributed by atoms with van der Waals surface area (Å²) >= 11 is 0. The number of aromatic nitrogens is 4. The van der Waals surface area contributed by atoms with Gasteiger partial charge in [-0.05, 0) is 198 Å². The molecular weight excluding hydrogens is 985 g/mol. The smallest absolute Gasteiger partial charge is 0.269 e. The molecule has 0 fully saturated rings. The molecule has 0 saturated carbocycles. The standard InChI is InChI=1S/C76H76N4O/c1-46-22-20-23-47(2)69(46)62-38-49(73(6,7)8)36-61-59-44-64-63(75(12,13)33-34-76(64,14)15)43-58(59)54-26-16-17-27-55(54)60-37-50(74(9,10)11)39-67-71(60)79(70(61)62)45-78(67)51-24-21-25-52(41-51)81-53-30-31-57-56-28-18-19-29-65(56)80(66(57)42-53)68-40-48(32-35-77-68)72(3,4)5/h16-32,35-44H,33-34H2,1-15H3/i1D3,2D3. The Morgan fingerprint density at radius 1 is 0.506 bits per heavy atom. The molecule has 5 nitrogen and oxygen atoms in total. The number of ether oxygens (including phenoxy) is 1. The molecule has 4 heterocycles. The number of imidazole rings is 1. The fourth-order valence-electron chi connectivity index (χ4n) is 12.9. The van der Waals surface area contributed by atoms with E-state index in [1.165, 1.54) is 16.7 Å². The summed E-state index contributed by atoms with van der Waals surface area (Å²) in [6, 6.07) is 54.3. The van der Waals surface area contributed by atoms with Gasteiger partial charge in [0.15, 0.2) is 0 Å². The highest BCUT2D eigenvalue weighted by molar-refractivity contribution is 6.09. The second-order valence-electron chi connectivity index (χ2n) is 27.4. The van der Waals surface area contributed by atoms with E-state index in [-0.39, 0.29) is 38.4 Å². The SMILES string of the molecule is [2H]C([2H])([2H])c1cccc(C([2H])([2H])[2H])c1-c1cc(C(C)(C)C)cc2c1-[n+]1[c-]n(-c3cccc(Oc4ccc5c6ccccc6n(-c6cc(C(C)(C)C)ccn6)c5c4)c3)c3cc(C(C)(C)C)cc(c31)-c1ccccc1-c1cc3c(cc1-2)C(C)(C)CCC3(C)C. The number of hydrogen-bond donors (Lipinski definition) is 0. The van der Waals surface area contributed by atoms with Gasteiger partial charge < -0.3 is 4.74 Å². The molecule has 81 heavy (non-hydrogen) atoms. The van der Waals surface area contributed by atoms with E-state index < -0.39 is 19.1 Å². The van der Waals surface area contributed by atoms with Gasteiger partial charge in [-0.15, -0.1) is 0 Å². The first-order valence-corrected chi connectivity index (χ1v) is 28.7. The molecule has 1 aliphatic heterocycles. The normalized spacial score (nSPS) is 16.1. The van der Waals surface area contributed by atoms with Gasteiger partial charge in [-0.1, -0.05) is 181 Å². The Morgan fingerprint density at radius 2 is 1.09 bits per heavy atom. The number of rotatable bonds is 5. The maximum atomic E-state index is 9.17. The van der Waals surface area contributed by atoms with Gasteiger partial charge in [0.1, 0.15) is 17.3 Å². The molecule has 5 heteroatoms. The van der Waals surface area contributed by atoms with Crippen molar-refractivity contribution in [3.05, 3.63) is 209 Å². The monoisotopic (exact) mass is 1070 g/mol. The zero-order chi connectivity index (χ0) is 61.9. The van der Waals surface area contributed by atoms with Crippen molar-refractivity contribution < 1.29 is 17.5 Å². The lowest BCUT2D eigenvalue weighted by Gasteiger charge is -2.42. The molecule has 0 atom stereocenters. The van der Waals surface area contributed by atoms with Crippen LogP contribution in [0.1, 0.15) is 150 Å². The van der Waals surface area contributed by atoms with Crippen LogP contribution in [0.25, 0.3) is 94.5 Å². The summed E-state index contributed by atoms with van der Waals surface area (Å²) in [4.78, 5) is 4.93. The van der Waals surface area contributed by atoms with Crippen LogP contribution in [0.2, 0.25) is 0 Å². The van der Waals surface area contributed by atoms with Crippen LogP contribution in [0.15, 0.2) is 164 Å². The van der Waals surface area contributed by atoms with E-state index >= 15 is 0 Å². The van der Waals surface area contributed by atoms with E-state index in [4.69, 9.17) is 9.72 Å². The first-order valence-electron chi connectivity index (χ1n) is 31.7. The number of fused-ring (bicyclic) bond motifs is 11. The summed E-state index contributed by atoms with van der Waals surface area (Å²) in [5.74, 6) is 2.09. The molecule has 0 spiro atoms. The van der Waals surface area contributed by atoms with Gasteiger partial charge >= 0.3 is 0 Å². The summed E-state index contributed by atoms with van der Waals surface area (Å²) in [7, 11) is 0. The molecule has 8 aromatic carbocycles. The highest BCUT2D eigenvalue weighted by Gasteiger charge is 2.40. The van der Waals surface area contributed by atoms with Crippen molar-refractivity contribution in [2.75, 3.05) is 0 Å². The first-order chi connectivity index (χ1) is 40.8. The highest BCUT2D eigenvalue weighted by Crippen LogP contribution is 2.54. The van der Waals surface area contributed by atoms with Crippen LogP contribution in [0.5, 0.6) is 11.5 Å². The Hall–Kier alpha value is -8.02. The predicted molar refractivity (Wildman–Crippen MR) is 338 cm³/mol. The molecule has 11 aromatic rings. The van der Waals surface area contributed by atoms with Crippen molar-refractivity contribution in [3.63, 3.8) is 0 Å². The zero-order valence-electron chi connectivity index (χ0n) is 55.2. The number of hydrogen-bond acceptors (Lipinski definition) is 2. The van der Waals surface area contributed by atoms with Gasteiger partial charge in [-0.25, -0.2) is 4.98 Å². The third kappa shape index (κ3) is 8.64. The van der Waals surface area contributed by atoms with Gasteiger partial charge in [0.05, 0.1) is 33.4 Å². The minimum atomic E-state index is -2.69. The first kappa shape index (κ1) is 45.7. The fraction of sp³-hybridized carbons (Fsp3) is 0.289. The molecule has 0 amide bonds. The van der Waals surface area contributed by atoms with Gasteiger partial charge in [0, 0.05) is 31.3 Å². The molecule has 0 radical (unpaired) electrons. The maximum Gasteiger partial charge on any atom is 0.269 e. The van der Waals surface area contributed by atoms with Crippen molar-refractivity contribution in [2.24, 2.45) is 0 Å². The van der Waals surface area contributed by atoms with E-state index in [2.05, 4.69) is 225 Å². The fourth-order valence-corrected chi connectivity index (χ4v) is 12.9. The van der Waals surface area contributed by atoms with E-state index in [1.807, 2.05) is 30.5 Å². The summed E-state index contributed by atoms with van der Waals surface area (Å²) < 4.78 is 68.5. The molecule has 3 aromatic heterocycles. The minimum absolute atomic E-state index is 0.0289. The highest BCUT2D eigenvalue weighted by atomic mass is 16.5. The summed E-state index contributed by atoms with van der Waals surface area (Å²) in [5.41, 5.74) is 16.3. The van der Waals surface area contributed by atoms with Crippen LogP contribution >= 0.6 is 0 Å². The van der Waals surface area contributed by atoms with Crippen LogP contribution < -0.4 is 9.30 Å². The molecule has 2 aliphatic rings. The number of pyridine rings is 1. The summed E-state index contributed by atoms with van der Waals surface area (Å²) in [6.45, 7) is 23.9. The van der Waals surface area contributed by atoms with Crippen LogP contribution in [0.4, 0.5) is 0 Å². The lowest BCUT2D eigenvalue weighted by Crippen LogP contribution is -2.34. The number of benzene rings is 8. The second kappa shape index (κ2) is 18.2. The molecule has 406 valence electrons. The van der Waals surface area contributed by atoms with E-state index in [0.717, 1.165) is 102 Å². The van der Waals surface area contributed by atoms with Crippen molar-refractivity contribution in [1.82, 2.24) is 14.1 Å². The van der Waals surface area contributed by atoms with Gasteiger partial charge in [0.25, 0.3) is 6.33 Å². The quantitative estimate of drug-likeness (QED) is 0.127. The maximum absolute atomic E-state index is 9.17. The van der Waals surface area contributed by atoms with Gasteiger partial charge in [-0.3, -0.25) is 13.7 Å². The molecule has 13 rings (SSSR count). The van der Waals surface area contributed by atoms with E-state index in [9.17, 15) is 8.22 Å². The third-order valence-electron chi connectivity index (χ3n) is 17.7. The molecule has 0 N–H and O–H groups in total. The van der Waals surface area contributed by atoms with Gasteiger partial charge in [-0.2, -0.15) is 0 Å². The number of nitrogens with zero attached hydrogens (tertiary/aromatic N) is 4. The molecule has 0 saturated heterocycles. The largest absolute Gasteiger partial charge is 0.458 e. The minimum Gasteiger partial charge on any atom is -0.458 e. The van der Waals surface area contributed by atoms with Crippen molar-refractivity contribution >= 4 is 32.8 Å². The Balaban J connectivity index is 1.13. The zero-order valence-corrected chi connectivity index (χ0v) is 49.2. The number of para-hydroxylation sites is 1. The second-order valence-corrected chi connectivity index (χ2v) is 27.4. The Morgan fingerprint density at radius 3 is 1.77 bits per heavy atom. The molecular formula is C76H76N4O. The third-order valence-corrected chi connectivity index (χ3v) is 17.7. The van der Waals surface area contributed by atoms with Crippen LogP contribution in [-0.4, -0.2) is 14.1 Å². The summed E-state index contributed by atoms with van der Waals surface area (Å²) in [6.07, 6.45) is 7.89. The van der Waals surface area contributed by atoms with E-state index in [1.54, 1.807) is 18.2 Å². The summed E-state index contributed by atoms with van der Waals surface area (Å²) in [5, 5.41) is 2.21. The topological polar surface area (TPSA) is 35.9 Å². The van der Waals surface area contributed by atoms with Gasteiger partial charge in [0.2, 0.25) is 0 Å². The van der Waals surface area contributed by atoms with Crippen molar-refractivity contribution in [1.29, 1.82) is 0 Å². The average Bonchev–Trinajstić information content (AvgIpc) is 1.68. The number of aryl methyl sites for hydroxylation is 2. The molecule has 0 unspecified atom stereocenters. The Kier molecular flexibility index (Phi) is 10.3. The Bertz CT molecular complexity index is 4610. The Labute approximate surface area is 488 Å². The van der Waals surface area contributed by atoms with Crippen molar-refractivity contribution in [2.45, 2.75) is 144 Å². The predicted octanol–water partition coefficient (Wildman–Crippen LogP) is 19.8. The lowest BCUT2D eigenvalue weighted by molar-refractivity contribution is -0.570.